The number of benzene rings is 1. The van der Waals surface area contributed by atoms with E-state index in [0.29, 0.717) is 22.9 Å². The molecule has 3 rings (SSSR count). The Labute approximate surface area is 134 Å². The van der Waals surface area contributed by atoms with Crippen LogP contribution in [0.15, 0.2) is 42.5 Å². The molecule has 1 aromatic heterocycles. The van der Waals surface area contributed by atoms with Crippen LogP contribution in [0.2, 0.25) is 0 Å². The first kappa shape index (κ1) is 15.2. The molecule has 0 saturated heterocycles. The van der Waals surface area contributed by atoms with Crippen molar-refractivity contribution in [3.8, 4) is 0 Å². The lowest BCUT2D eigenvalue weighted by atomic mass is 10.1. The number of aromatic nitrogens is 1. The van der Waals surface area contributed by atoms with Crippen LogP contribution in [0.25, 0.3) is 0 Å². The smallest absolute Gasteiger partial charge is 0.338 e. The van der Waals surface area contributed by atoms with Gasteiger partial charge >= 0.3 is 5.97 Å². The minimum Gasteiger partial charge on any atom is -0.456 e. The minimum absolute atomic E-state index is 0.101. The molecule has 23 heavy (non-hydrogen) atoms. The van der Waals surface area contributed by atoms with Gasteiger partial charge in [-0.1, -0.05) is 6.07 Å². The highest BCUT2D eigenvalue weighted by Gasteiger charge is 2.23. The topological polar surface area (TPSA) is 68.3 Å². The second kappa shape index (κ2) is 6.60. The number of nitrogens with one attached hydrogen (secondary N) is 1. The van der Waals surface area contributed by atoms with Crippen LogP contribution in [0.4, 0.5) is 0 Å². The van der Waals surface area contributed by atoms with Crippen molar-refractivity contribution in [3.63, 3.8) is 0 Å². The van der Waals surface area contributed by atoms with Crippen molar-refractivity contribution in [1.82, 2.24) is 10.3 Å². The molecule has 1 fully saturated rings. The molecule has 0 atom stereocenters. The van der Waals surface area contributed by atoms with Crippen LogP contribution in [-0.4, -0.2) is 22.9 Å². The van der Waals surface area contributed by atoms with Gasteiger partial charge in [-0.15, -0.1) is 0 Å². The van der Waals surface area contributed by atoms with Crippen molar-refractivity contribution in [3.05, 3.63) is 65.0 Å². The van der Waals surface area contributed by atoms with Crippen LogP contribution in [0.1, 0.15) is 44.9 Å². The number of esters is 1. The average molecular weight is 310 g/mol. The molecule has 118 valence electrons. The van der Waals surface area contributed by atoms with E-state index in [4.69, 9.17) is 4.74 Å². The zero-order chi connectivity index (χ0) is 16.2. The quantitative estimate of drug-likeness (QED) is 0.862. The fraction of sp³-hybridized carbons (Fsp3) is 0.278. The number of rotatable bonds is 5. The molecule has 5 nitrogen and oxygen atoms in total. The van der Waals surface area contributed by atoms with Crippen molar-refractivity contribution in [2.24, 2.45) is 0 Å². The number of aryl methyl sites for hydroxylation is 1. The second-order valence-corrected chi connectivity index (χ2v) is 5.67. The molecule has 1 aliphatic rings. The van der Waals surface area contributed by atoms with Crippen LogP contribution in [0.3, 0.4) is 0 Å². The van der Waals surface area contributed by atoms with Gasteiger partial charge in [0.25, 0.3) is 5.91 Å². The van der Waals surface area contributed by atoms with Crippen molar-refractivity contribution in [2.75, 3.05) is 0 Å². The zero-order valence-corrected chi connectivity index (χ0v) is 12.9. The maximum absolute atomic E-state index is 12.0. The highest BCUT2D eigenvalue weighted by molar-refractivity contribution is 5.96. The summed E-state index contributed by atoms with van der Waals surface area (Å²) >= 11 is 0. The maximum atomic E-state index is 12.0. The molecule has 0 radical (unpaired) electrons. The normalized spacial score (nSPS) is 13.4. The van der Waals surface area contributed by atoms with Gasteiger partial charge in [0.05, 0.1) is 11.3 Å². The first-order chi connectivity index (χ1) is 11.1. The molecule has 0 unspecified atom stereocenters. The van der Waals surface area contributed by atoms with Gasteiger partial charge in [0, 0.05) is 17.3 Å². The second-order valence-electron chi connectivity index (χ2n) is 5.67. The summed E-state index contributed by atoms with van der Waals surface area (Å²) in [6.07, 6.45) is 2.09. The van der Waals surface area contributed by atoms with Gasteiger partial charge in [-0.2, -0.15) is 0 Å². The molecule has 1 amide bonds. The number of carbonyl (C=O) groups excluding carboxylic acids is 2. The summed E-state index contributed by atoms with van der Waals surface area (Å²) in [4.78, 5) is 28.2. The molecule has 2 aromatic rings. The van der Waals surface area contributed by atoms with E-state index >= 15 is 0 Å². The summed E-state index contributed by atoms with van der Waals surface area (Å²) in [5.41, 5.74) is 2.55. The van der Waals surface area contributed by atoms with Gasteiger partial charge in [0.2, 0.25) is 0 Å². The number of carbonyl (C=O) groups is 2. The lowest BCUT2D eigenvalue weighted by Gasteiger charge is -2.06. The van der Waals surface area contributed by atoms with E-state index < -0.39 is 5.97 Å². The third kappa shape index (κ3) is 4.16. The first-order valence-corrected chi connectivity index (χ1v) is 7.62. The number of pyridine rings is 1. The van der Waals surface area contributed by atoms with E-state index in [2.05, 4.69) is 10.3 Å². The predicted octanol–water partition coefficient (Wildman–Crippen LogP) is 2.64. The fourth-order valence-corrected chi connectivity index (χ4v) is 2.16. The van der Waals surface area contributed by atoms with Gasteiger partial charge in [0.15, 0.2) is 0 Å². The molecule has 1 aliphatic carbocycles. The zero-order valence-electron chi connectivity index (χ0n) is 12.9. The molecule has 1 N–H and O–H groups in total. The molecule has 1 aromatic carbocycles. The molecule has 0 aliphatic heterocycles. The molecule has 1 heterocycles. The van der Waals surface area contributed by atoms with E-state index in [0.717, 1.165) is 18.5 Å². The highest BCUT2D eigenvalue weighted by Crippen LogP contribution is 2.19. The SMILES string of the molecule is Cc1cccc(COC(=O)c2ccc(C(=O)NC3CC3)cc2)n1. The van der Waals surface area contributed by atoms with Crippen molar-refractivity contribution >= 4 is 11.9 Å². The van der Waals surface area contributed by atoms with Crippen LogP contribution in [0.5, 0.6) is 0 Å². The van der Waals surface area contributed by atoms with Crippen LogP contribution in [0, 0.1) is 6.92 Å². The van der Waals surface area contributed by atoms with Gasteiger partial charge < -0.3 is 10.1 Å². The van der Waals surface area contributed by atoms with Crippen molar-refractivity contribution in [2.45, 2.75) is 32.4 Å². The van der Waals surface area contributed by atoms with Crippen molar-refractivity contribution in [1.29, 1.82) is 0 Å². The number of hydrogen-bond donors (Lipinski definition) is 1. The summed E-state index contributed by atoms with van der Waals surface area (Å²) in [5, 5.41) is 2.91. The lowest BCUT2D eigenvalue weighted by molar-refractivity contribution is 0.0467. The number of hydrogen-bond acceptors (Lipinski definition) is 4. The average Bonchev–Trinajstić information content (AvgIpc) is 3.37. The lowest BCUT2D eigenvalue weighted by Crippen LogP contribution is -2.25. The summed E-state index contributed by atoms with van der Waals surface area (Å²) in [6.45, 7) is 2.02. The van der Waals surface area contributed by atoms with Gasteiger partial charge in [-0.3, -0.25) is 9.78 Å². The number of ether oxygens (including phenoxy) is 1. The van der Waals surface area contributed by atoms with Gasteiger partial charge in [0.1, 0.15) is 6.61 Å². The summed E-state index contributed by atoms with van der Waals surface area (Å²) < 4.78 is 5.24. The molecule has 5 heteroatoms. The fourth-order valence-electron chi connectivity index (χ4n) is 2.16. The van der Waals surface area contributed by atoms with Gasteiger partial charge in [-0.25, -0.2) is 4.79 Å². The third-order valence-corrected chi connectivity index (χ3v) is 3.59. The Morgan fingerprint density at radius 1 is 1.13 bits per heavy atom. The van der Waals surface area contributed by atoms with Crippen LogP contribution in [-0.2, 0) is 11.3 Å². The maximum Gasteiger partial charge on any atom is 0.338 e. The minimum atomic E-state index is -0.428. The Morgan fingerprint density at radius 3 is 2.48 bits per heavy atom. The molecular formula is C18H18N2O3. The third-order valence-electron chi connectivity index (χ3n) is 3.59. The Hall–Kier alpha value is -2.69. The van der Waals surface area contributed by atoms with E-state index in [-0.39, 0.29) is 12.5 Å². The molecule has 0 spiro atoms. The highest BCUT2D eigenvalue weighted by atomic mass is 16.5. The summed E-state index contributed by atoms with van der Waals surface area (Å²) in [6, 6.07) is 12.4. The van der Waals surface area contributed by atoms with E-state index in [1.54, 1.807) is 24.3 Å². The van der Waals surface area contributed by atoms with Crippen LogP contribution < -0.4 is 5.32 Å². The Kier molecular flexibility index (Phi) is 4.37. The Bertz CT molecular complexity index is 721. The van der Waals surface area contributed by atoms with E-state index in [1.165, 1.54) is 0 Å². The molecule has 1 saturated carbocycles. The summed E-state index contributed by atoms with van der Waals surface area (Å²) in [7, 11) is 0. The number of amides is 1. The molecular weight excluding hydrogens is 292 g/mol. The first-order valence-electron chi connectivity index (χ1n) is 7.62. The monoisotopic (exact) mass is 310 g/mol. The van der Waals surface area contributed by atoms with Crippen molar-refractivity contribution < 1.29 is 14.3 Å². The number of nitrogens with zero attached hydrogens (tertiary/aromatic N) is 1. The van der Waals surface area contributed by atoms with Gasteiger partial charge in [-0.05, 0) is 56.2 Å². The standard InChI is InChI=1S/C18H18N2O3/c1-12-3-2-4-16(19-12)11-23-18(22)14-7-5-13(6-8-14)17(21)20-15-9-10-15/h2-8,15H,9-11H2,1H3,(H,20,21). The summed E-state index contributed by atoms with van der Waals surface area (Å²) in [5.74, 6) is -0.529. The Balaban J connectivity index is 1.57. The van der Waals surface area contributed by atoms with E-state index in [1.807, 2.05) is 25.1 Å². The largest absolute Gasteiger partial charge is 0.456 e. The van der Waals surface area contributed by atoms with E-state index in [9.17, 15) is 9.59 Å². The Morgan fingerprint density at radius 2 is 1.83 bits per heavy atom. The van der Waals surface area contributed by atoms with Crippen LogP contribution >= 0.6 is 0 Å². The molecule has 0 bridgehead atoms. The predicted molar refractivity (Wildman–Crippen MR) is 85.0 cm³/mol.